The van der Waals surface area contributed by atoms with E-state index in [0.29, 0.717) is 18.9 Å². The molecule has 0 radical (unpaired) electrons. The number of benzene rings is 1. The first kappa shape index (κ1) is 18.1. The predicted octanol–water partition coefficient (Wildman–Crippen LogP) is 3.53. The number of hydrogen-bond donors (Lipinski definition) is 2. The van der Waals surface area contributed by atoms with Gasteiger partial charge in [-0.3, -0.25) is 14.5 Å². The maximum absolute atomic E-state index is 13.8. The second kappa shape index (κ2) is 7.70. The number of hydrogen-bond acceptors (Lipinski definition) is 3. The van der Waals surface area contributed by atoms with Crippen LogP contribution in [-0.2, 0) is 9.59 Å². The zero-order valence-corrected chi connectivity index (χ0v) is 14.6. The molecule has 136 valence electrons. The van der Waals surface area contributed by atoms with Crippen LogP contribution in [0.3, 0.4) is 0 Å². The predicted molar refractivity (Wildman–Crippen MR) is 93.1 cm³/mol. The summed E-state index contributed by atoms with van der Waals surface area (Å²) in [6.07, 6.45) is 5.10. The molecule has 1 heterocycles. The first-order valence-electron chi connectivity index (χ1n) is 8.69. The molecule has 7 heteroatoms. The summed E-state index contributed by atoms with van der Waals surface area (Å²) >= 11 is 5.70. The zero-order chi connectivity index (χ0) is 18.0. The van der Waals surface area contributed by atoms with Crippen molar-refractivity contribution in [1.82, 2.24) is 4.90 Å². The van der Waals surface area contributed by atoms with Crippen molar-refractivity contribution in [2.75, 3.05) is 11.9 Å². The molecule has 2 N–H and O–H groups in total. The van der Waals surface area contributed by atoms with Crippen molar-refractivity contribution >= 4 is 29.2 Å². The smallest absolute Gasteiger partial charge is 0.320 e. The molecule has 25 heavy (non-hydrogen) atoms. The number of aliphatic carboxylic acids is 1. The summed E-state index contributed by atoms with van der Waals surface area (Å²) in [5.74, 6) is -1.33. The number of nitrogens with zero attached hydrogens (tertiary/aromatic N) is 1. The van der Waals surface area contributed by atoms with Crippen LogP contribution in [0, 0.1) is 11.7 Å². The molecule has 1 saturated heterocycles. The van der Waals surface area contributed by atoms with E-state index in [2.05, 4.69) is 5.32 Å². The minimum absolute atomic E-state index is 0.0844. The van der Waals surface area contributed by atoms with Gasteiger partial charge in [0, 0.05) is 24.0 Å². The fourth-order valence-electron chi connectivity index (χ4n) is 4.15. The van der Waals surface area contributed by atoms with Gasteiger partial charge in [-0.25, -0.2) is 4.39 Å². The third kappa shape index (κ3) is 4.12. The highest BCUT2D eigenvalue weighted by Crippen LogP contribution is 2.39. The molecule has 0 bridgehead atoms. The van der Waals surface area contributed by atoms with E-state index in [1.165, 1.54) is 12.1 Å². The molecule has 1 saturated carbocycles. The van der Waals surface area contributed by atoms with Crippen molar-refractivity contribution in [2.45, 2.75) is 50.6 Å². The number of carbonyl (C=O) groups excluding carboxylic acids is 1. The van der Waals surface area contributed by atoms with E-state index in [0.717, 1.165) is 31.7 Å². The first-order chi connectivity index (χ1) is 12.0. The average molecular weight is 369 g/mol. The van der Waals surface area contributed by atoms with Crippen LogP contribution < -0.4 is 5.32 Å². The number of likely N-dealkylation sites (tertiary alicyclic amines) is 1. The Kier molecular flexibility index (Phi) is 5.59. The molecule has 1 amide bonds. The lowest BCUT2D eigenvalue weighted by Crippen LogP contribution is -2.43. The molecule has 0 spiro atoms. The van der Waals surface area contributed by atoms with Crippen LogP contribution in [0.2, 0.25) is 5.02 Å². The molecule has 3 atom stereocenters. The van der Waals surface area contributed by atoms with Crippen molar-refractivity contribution in [1.29, 1.82) is 0 Å². The van der Waals surface area contributed by atoms with Gasteiger partial charge in [0.25, 0.3) is 0 Å². The quantitative estimate of drug-likeness (QED) is 0.834. The Morgan fingerprint density at radius 3 is 2.80 bits per heavy atom. The Morgan fingerprint density at radius 2 is 2.08 bits per heavy atom. The van der Waals surface area contributed by atoms with Gasteiger partial charge in [-0.05, 0) is 43.4 Å². The van der Waals surface area contributed by atoms with Crippen LogP contribution in [0.5, 0.6) is 0 Å². The van der Waals surface area contributed by atoms with Gasteiger partial charge < -0.3 is 10.4 Å². The Morgan fingerprint density at radius 1 is 1.32 bits per heavy atom. The number of amides is 1. The number of nitrogens with one attached hydrogen (secondary N) is 1. The molecule has 2 fully saturated rings. The third-order valence-corrected chi connectivity index (χ3v) is 5.54. The number of carboxylic acid groups (broad SMARTS) is 1. The van der Waals surface area contributed by atoms with Crippen LogP contribution >= 0.6 is 11.6 Å². The normalized spacial score (nSPS) is 26.2. The van der Waals surface area contributed by atoms with Gasteiger partial charge in [0.1, 0.15) is 11.9 Å². The van der Waals surface area contributed by atoms with E-state index in [4.69, 9.17) is 11.6 Å². The average Bonchev–Trinajstić information content (AvgIpc) is 2.94. The molecule has 5 nitrogen and oxygen atoms in total. The highest BCUT2D eigenvalue weighted by atomic mass is 35.5. The van der Waals surface area contributed by atoms with Crippen LogP contribution in [0.15, 0.2) is 18.2 Å². The largest absolute Gasteiger partial charge is 0.480 e. The van der Waals surface area contributed by atoms with Crippen molar-refractivity contribution in [3.8, 4) is 0 Å². The monoisotopic (exact) mass is 368 g/mol. The number of carbonyl (C=O) groups is 2. The van der Waals surface area contributed by atoms with Crippen molar-refractivity contribution in [3.05, 3.63) is 29.0 Å². The molecule has 1 aromatic rings. The standard InChI is InChI=1S/C18H22ClFN2O3/c19-12-5-6-14(13(20)10-12)21-17(23)7-8-22-15-4-2-1-3-11(15)9-16(22)18(24)25/h5-6,10-11,15-16H,1-4,7-9H2,(H,21,23)(H,24,25). The van der Waals surface area contributed by atoms with E-state index >= 15 is 0 Å². The van der Waals surface area contributed by atoms with E-state index in [-0.39, 0.29) is 29.1 Å². The van der Waals surface area contributed by atoms with Crippen molar-refractivity contribution in [2.24, 2.45) is 5.92 Å². The number of halogens is 2. The second-order valence-corrected chi connectivity index (χ2v) is 7.30. The molecule has 0 aromatic heterocycles. The number of fused-ring (bicyclic) bond motifs is 1. The molecule has 3 unspecified atom stereocenters. The Balaban J connectivity index is 1.60. The number of anilines is 1. The van der Waals surface area contributed by atoms with Gasteiger partial charge in [-0.15, -0.1) is 0 Å². The van der Waals surface area contributed by atoms with Gasteiger partial charge in [0.2, 0.25) is 5.91 Å². The summed E-state index contributed by atoms with van der Waals surface area (Å²) in [7, 11) is 0. The number of rotatable bonds is 5. The van der Waals surface area contributed by atoms with Crippen LogP contribution in [0.1, 0.15) is 38.5 Å². The van der Waals surface area contributed by atoms with E-state index in [9.17, 15) is 19.1 Å². The van der Waals surface area contributed by atoms with E-state index < -0.39 is 17.8 Å². The maximum Gasteiger partial charge on any atom is 0.320 e. The third-order valence-electron chi connectivity index (χ3n) is 5.31. The molecule has 1 aliphatic heterocycles. The SMILES string of the molecule is O=C(CCN1C(C(=O)O)CC2CCCCC21)Nc1ccc(Cl)cc1F. The van der Waals surface area contributed by atoms with Gasteiger partial charge in [-0.1, -0.05) is 24.4 Å². The lowest BCUT2D eigenvalue weighted by atomic mass is 9.85. The topological polar surface area (TPSA) is 69.6 Å². The summed E-state index contributed by atoms with van der Waals surface area (Å²) in [5, 5.41) is 12.3. The number of carboxylic acids is 1. The Hall–Kier alpha value is -1.66. The highest BCUT2D eigenvalue weighted by molar-refractivity contribution is 6.30. The lowest BCUT2D eigenvalue weighted by molar-refractivity contribution is -0.143. The Bertz CT molecular complexity index is 670. The molecule has 3 rings (SSSR count). The minimum atomic E-state index is -0.821. The van der Waals surface area contributed by atoms with Gasteiger partial charge in [-0.2, -0.15) is 0 Å². The molecular formula is C18H22ClFN2O3. The zero-order valence-electron chi connectivity index (χ0n) is 13.9. The van der Waals surface area contributed by atoms with E-state index in [1.807, 2.05) is 4.90 Å². The molecule has 2 aliphatic rings. The van der Waals surface area contributed by atoms with Crippen molar-refractivity contribution < 1.29 is 19.1 Å². The molecule has 1 aliphatic carbocycles. The van der Waals surface area contributed by atoms with Crippen LogP contribution in [0.4, 0.5) is 10.1 Å². The maximum atomic E-state index is 13.8. The second-order valence-electron chi connectivity index (χ2n) is 6.86. The molecular weight excluding hydrogens is 347 g/mol. The summed E-state index contributed by atoms with van der Waals surface area (Å²) in [6, 6.07) is 3.80. The first-order valence-corrected chi connectivity index (χ1v) is 9.07. The minimum Gasteiger partial charge on any atom is -0.480 e. The summed E-state index contributed by atoms with van der Waals surface area (Å²) in [6.45, 7) is 0.374. The highest BCUT2D eigenvalue weighted by Gasteiger charge is 2.44. The lowest BCUT2D eigenvalue weighted by Gasteiger charge is -2.32. The summed E-state index contributed by atoms with van der Waals surface area (Å²) in [4.78, 5) is 25.7. The van der Waals surface area contributed by atoms with Gasteiger partial charge in [0.05, 0.1) is 5.69 Å². The van der Waals surface area contributed by atoms with Crippen LogP contribution in [0.25, 0.3) is 0 Å². The van der Waals surface area contributed by atoms with Gasteiger partial charge in [0.15, 0.2) is 0 Å². The summed E-state index contributed by atoms with van der Waals surface area (Å²) < 4.78 is 13.8. The van der Waals surface area contributed by atoms with Crippen LogP contribution in [-0.4, -0.2) is 40.5 Å². The Labute approximate surface area is 151 Å². The van der Waals surface area contributed by atoms with E-state index in [1.54, 1.807) is 0 Å². The fraction of sp³-hybridized carbons (Fsp3) is 0.556. The fourth-order valence-corrected chi connectivity index (χ4v) is 4.31. The van der Waals surface area contributed by atoms with Crippen molar-refractivity contribution in [3.63, 3.8) is 0 Å². The summed E-state index contributed by atoms with van der Waals surface area (Å²) in [5.41, 5.74) is 0.0844. The van der Waals surface area contributed by atoms with Gasteiger partial charge >= 0.3 is 5.97 Å². The molecule has 1 aromatic carbocycles.